The van der Waals surface area contributed by atoms with Crippen molar-refractivity contribution >= 4 is 0 Å². The summed E-state index contributed by atoms with van der Waals surface area (Å²) in [5.41, 5.74) is 2.32. The Balaban J connectivity index is 1.71. The second-order valence-electron chi connectivity index (χ2n) is 5.31. The summed E-state index contributed by atoms with van der Waals surface area (Å²) in [5.74, 6) is 1.92. The molecule has 2 heteroatoms. The van der Waals surface area contributed by atoms with E-state index in [2.05, 4.69) is 0 Å². The smallest absolute Gasteiger partial charge is 0.122 e. The number of benzene rings is 1. The summed E-state index contributed by atoms with van der Waals surface area (Å²) in [5, 5.41) is 9.95. The van der Waals surface area contributed by atoms with E-state index < -0.39 is 0 Å². The standard InChI is InChI=1S/C15H20O2/c16-14-5-1-4-13-12(14)3-2-6-15(13)17-10-9-11-7-8-11/h2-3,6,11,14,16H,1,4-5,7-10H2. The van der Waals surface area contributed by atoms with Crippen LogP contribution in [0.25, 0.3) is 0 Å². The fraction of sp³-hybridized carbons (Fsp3) is 0.600. The summed E-state index contributed by atoms with van der Waals surface area (Å²) >= 11 is 0. The van der Waals surface area contributed by atoms with Crippen LogP contribution in [0.4, 0.5) is 0 Å². The number of hydrogen-bond acceptors (Lipinski definition) is 2. The average Bonchev–Trinajstić information content (AvgIpc) is 3.14. The third-order valence-electron chi connectivity index (χ3n) is 3.91. The van der Waals surface area contributed by atoms with E-state index in [4.69, 9.17) is 4.74 Å². The number of fused-ring (bicyclic) bond motifs is 1. The first-order valence-electron chi connectivity index (χ1n) is 6.77. The molecule has 0 radical (unpaired) electrons. The fourth-order valence-electron chi connectivity index (χ4n) is 2.67. The molecule has 17 heavy (non-hydrogen) atoms. The number of rotatable bonds is 4. The molecule has 1 N–H and O–H groups in total. The third kappa shape index (κ3) is 2.47. The molecule has 3 rings (SSSR count). The molecule has 0 spiro atoms. The van der Waals surface area contributed by atoms with Crippen molar-refractivity contribution in [1.82, 2.24) is 0 Å². The highest BCUT2D eigenvalue weighted by molar-refractivity contribution is 5.42. The van der Waals surface area contributed by atoms with E-state index >= 15 is 0 Å². The molecule has 1 saturated carbocycles. The van der Waals surface area contributed by atoms with Crippen molar-refractivity contribution in [3.63, 3.8) is 0 Å². The minimum absolute atomic E-state index is 0.286. The van der Waals surface area contributed by atoms with Crippen LogP contribution < -0.4 is 4.74 Å². The summed E-state index contributed by atoms with van der Waals surface area (Å²) in [4.78, 5) is 0. The zero-order chi connectivity index (χ0) is 11.7. The molecule has 92 valence electrons. The van der Waals surface area contributed by atoms with E-state index in [9.17, 15) is 5.11 Å². The van der Waals surface area contributed by atoms with Crippen LogP contribution in [0, 0.1) is 5.92 Å². The highest BCUT2D eigenvalue weighted by Crippen LogP contribution is 2.36. The Labute approximate surface area is 103 Å². The van der Waals surface area contributed by atoms with Crippen LogP contribution in [-0.4, -0.2) is 11.7 Å². The lowest BCUT2D eigenvalue weighted by atomic mass is 9.89. The van der Waals surface area contributed by atoms with Gasteiger partial charge in [-0.2, -0.15) is 0 Å². The van der Waals surface area contributed by atoms with Crippen molar-refractivity contribution in [1.29, 1.82) is 0 Å². The maximum atomic E-state index is 9.95. The van der Waals surface area contributed by atoms with Gasteiger partial charge in [-0.25, -0.2) is 0 Å². The normalized spacial score (nSPS) is 23.2. The van der Waals surface area contributed by atoms with Crippen molar-refractivity contribution in [2.75, 3.05) is 6.61 Å². The summed E-state index contributed by atoms with van der Waals surface area (Å²) < 4.78 is 5.89. The lowest BCUT2D eigenvalue weighted by Crippen LogP contribution is -2.11. The molecule has 2 aliphatic carbocycles. The van der Waals surface area contributed by atoms with Crippen LogP contribution in [0.5, 0.6) is 5.75 Å². The summed E-state index contributed by atoms with van der Waals surface area (Å²) in [6.07, 6.45) is 6.67. The molecule has 0 aliphatic heterocycles. The van der Waals surface area contributed by atoms with Crippen LogP contribution in [-0.2, 0) is 6.42 Å². The van der Waals surface area contributed by atoms with Crippen molar-refractivity contribution in [2.24, 2.45) is 5.92 Å². The van der Waals surface area contributed by atoms with Gasteiger partial charge in [0.2, 0.25) is 0 Å². The van der Waals surface area contributed by atoms with Crippen molar-refractivity contribution in [2.45, 2.75) is 44.6 Å². The quantitative estimate of drug-likeness (QED) is 0.863. The van der Waals surface area contributed by atoms with Crippen LogP contribution in [0.3, 0.4) is 0 Å². The molecule has 1 fully saturated rings. The van der Waals surface area contributed by atoms with Gasteiger partial charge < -0.3 is 9.84 Å². The summed E-state index contributed by atoms with van der Waals surface area (Å²) in [6.45, 7) is 0.831. The number of aliphatic hydroxyl groups is 1. The van der Waals surface area contributed by atoms with Gasteiger partial charge in [0, 0.05) is 0 Å². The van der Waals surface area contributed by atoms with Gasteiger partial charge in [-0.15, -0.1) is 0 Å². The number of ether oxygens (including phenoxy) is 1. The molecule has 1 unspecified atom stereocenters. The van der Waals surface area contributed by atoms with E-state index in [1.807, 2.05) is 18.2 Å². The van der Waals surface area contributed by atoms with Crippen LogP contribution >= 0.6 is 0 Å². The molecule has 0 amide bonds. The second-order valence-corrected chi connectivity index (χ2v) is 5.31. The number of hydrogen-bond donors (Lipinski definition) is 1. The van der Waals surface area contributed by atoms with Gasteiger partial charge in [-0.1, -0.05) is 25.0 Å². The molecule has 0 heterocycles. The average molecular weight is 232 g/mol. The second kappa shape index (κ2) is 4.69. The summed E-state index contributed by atoms with van der Waals surface area (Å²) in [7, 11) is 0. The van der Waals surface area contributed by atoms with Gasteiger partial charge in [-0.05, 0) is 48.8 Å². The molecule has 0 aromatic heterocycles. The van der Waals surface area contributed by atoms with Crippen LogP contribution in [0.2, 0.25) is 0 Å². The largest absolute Gasteiger partial charge is 0.493 e. The van der Waals surface area contributed by atoms with Crippen LogP contribution in [0.1, 0.15) is 49.3 Å². The van der Waals surface area contributed by atoms with Gasteiger partial charge in [0.15, 0.2) is 0 Å². The fourth-order valence-corrected chi connectivity index (χ4v) is 2.67. The van der Waals surface area contributed by atoms with Gasteiger partial charge >= 0.3 is 0 Å². The molecule has 2 nitrogen and oxygen atoms in total. The van der Waals surface area contributed by atoms with E-state index in [-0.39, 0.29) is 6.10 Å². The number of aliphatic hydroxyl groups excluding tert-OH is 1. The Morgan fingerprint density at radius 1 is 1.24 bits per heavy atom. The Kier molecular flexibility index (Phi) is 3.06. The molecular formula is C15H20O2. The van der Waals surface area contributed by atoms with E-state index in [1.165, 1.54) is 24.8 Å². The molecule has 1 aromatic carbocycles. The SMILES string of the molecule is OC1CCCc2c(OCCC3CC3)cccc21. The zero-order valence-electron chi connectivity index (χ0n) is 10.2. The minimum Gasteiger partial charge on any atom is -0.493 e. The predicted molar refractivity (Wildman–Crippen MR) is 67.2 cm³/mol. The minimum atomic E-state index is -0.286. The lowest BCUT2D eigenvalue weighted by Gasteiger charge is -2.23. The van der Waals surface area contributed by atoms with E-state index in [0.29, 0.717) is 0 Å². The Hall–Kier alpha value is -1.02. The highest BCUT2D eigenvalue weighted by Gasteiger charge is 2.23. The van der Waals surface area contributed by atoms with Crippen molar-refractivity contribution in [3.05, 3.63) is 29.3 Å². The first-order valence-corrected chi connectivity index (χ1v) is 6.77. The Morgan fingerprint density at radius 3 is 2.94 bits per heavy atom. The highest BCUT2D eigenvalue weighted by atomic mass is 16.5. The van der Waals surface area contributed by atoms with Crippen molar-refractivity contribution in [3.8, 4) is 5.75 Å². The van der Waals surface area contributed by atoms with E-state index in [1.54, 1.807) is 0 Å². The maximum absolute atomic E-state index is 9.95. The molecule has 0 bridgehead atoms. The molecule has 1 atom stereocenters. The van der Waals surface area contributed by atoms with E-state index in [0.717, 1.165) is 43.1 Å². The van der Waals surface area contributed by atoms with Crippen molar-refractivity contribution < 1.29 is 9.84 Å². The monoisotopic (exact) mass is 232 g/mol. The van der Waals surface area contributed by atoms with Gasteiger partial charge in [0.1, 0.15) is 5.75 Å². The van der Waals surface area contributed by atoms with Gasteiger partial charge in [0.25, 0.3) is 0 Å². The molecule has 0 saturated heterocycles. The van der Waals surface area contributed by atoms with Crippen LogP contribution in [0.15, 0.2) is 18.2 Å². The molecular weight excluding hydrogens is 212 g/mol. The molecule has 1 aromatic rings. The topological polar surface area (TPSA) is 29.5 Å². The predicted octanol–water partition coefficient (Wildman–Crippen LogP) is 3.24. The maximum Gasteiger partial charge on any atom is 0.122 e. The molecule has 2 aliphatic rings. The Morgan fingerprint density at radius 2 is 2.12 bits per heavy atom. The lowest BCUT2D eigenvalue weighted by molar-refractivity contribution is 0.155. The third-order valence-corrected chi connectivity index (χ3v) is 3.91. The van der Waals surface area contributed by atoms with Gasteiger partial charge in [-0.3, -0.25) is 0 Å². The first kappa shape index (κ1) is 11.1. The van der Waals surface area contributed by atoms with Gasteiger partial charge in [0.05, 0.1) is 12.7 Å². The zero-order valence-corrected chi connectivity index (χ0v) is 10.2. The summed E-state index contributed by atoms with van der Waals surface area (Å²) in [6, 6.07) is 6.08. The first-order chi connectivity index (χ1) is 8.34. The Bertz CT molecular complexity index is 396.